The van der Waals surface area contributed by atoms with Gasteiger partial charge in [0.25, 0.3) is 0 Å². The maximum Gasteiger partial charge on any atom is 0.409 e. The SMILES string of the molecule is CN(c1ccc2c(c1)nc(-c1c(NC(=O)O)cccc1C(C)(C)C)n2C)c1ccnc(Cl)n1. The quantitative estimate of drug-likeness (QED) is 0.368. The van der Waals surface area contributed by atoms with E-state index in [1.54, 1.807) is 18.3 Å². The normalized spacial score (nSPS) is 11.6. The monoisotopic (exact) mass is 464 g/mol. The number of anilines is 3. The second kappa shape index (κ2) is 8.37. The van der Waals surface area contributed by atoms with E-state index in [2.05, 4.69) is 36.1 Å². The van der Waals surface area contributed by atoms with Crippen molar-refractivity contribution < 1.29 is 9.90 Å². The summed E-state index contributed by atoms with van der Waals surface area (Å²) in [5.74, 6) is 1.35. The molecule has 0 aliphatic heterocycles. The average molecular weight is 465 g/mol. The third kappa shape index (κ3) is 4.34. The van der Waals surface area contributed by atoms with Crippen molar-refractivity contribution in [1.29, 1.82) is 0 Å². The van der Waals surface area contributed by atoms with Crippen molar-refractivity contribution in [2.45, 2.75) is 26.2 Å². The number of benzene rings is 2. The summed E-state index contributed by atoms with van der Waals surface area (Å²) in [4.78, 5) is 26.5. The molecule has 2 aromatic carbocycles. The molecule has 0 saturated carbocycles. The molecule has 0 spiro atoms. The van der Waals surface area contributed by atoms with Gasteiger partial charge in [-0.25, -0.2) is 19.7 Å². The lowest BCUT2D eigenvalue weighted by Crippen LogP contribution is -2.17. The summed E-state index contributed by atoms with van der Waals surface area (Å²) in [6, 6.07) is 13.4. The predicted octanol–water partition coefficient (Wildman–Crippen LogP) is 5.84. The molecule has 0 aliphatic carbocycles. The third-order valence-electron chi connectivity index (χ3n) is 5.54. The first-order chi connectivity index (χ1) is 15.6. The fourth-order valence-corrected chi connectivity index (χ4v) is 4.05. The Hall–Kier alpha value is -3.65. The molecule has 9 heteroatoms. The van der Waals surface area contributed by atoms with Crippen molar-refractivity contribution in [3.8, 4) is 11.4 Å². The van der Waals surface area contributed by atoms with Gasteiger partial charge < -0.3 is 14.6 Å². The maximum atomic E-state index is 11.5. The van der Waals surface area contributed by atoms with Crippen LogP contribution in [0.5, 0.6) is 0 Å². The fraction of sp³-hybridized carbons (Fsp3) is 0.250. The Morgan fingerprint density at radius 1 is 1.15 bits per heavy atom. The lowest BCUT2D eigenvalue weighted by atomic mass is 9.83. The molecule has 8 nitrogen and oxygen atoms in total. The number of rotatable bonds is 4. The first-order valence-corrected chi connectivity index (χ1v) is 10.8. The first kappa shape index (κ1) is 22.5. The number of hydrogen-bond donors (Lipinski definition) is 2. The van der Waals surface area contributed by atoms with Gasteiger partial charge in [-0.05, 0) is 52.9 Å². The highest BCUT2D eigenvalue weighted by atomic mass is 35.5. The molecule has 4 rings (SSSR count). The van der Waals surface area contributed by atoms with Crippen molar-refractivity contribution in [2.75, 3.05) is 17.3 Å². The number of fused-ring (bicyclic) bond motifs is 1. The van der Waals surface area contributed by atoms with E-state index in [1.165, 1.54) is 0 Å². The van der Waals surface area contributed by atoms with Crippen LogP contribution in [0.2, 0.25) is 5.28 Å². The van der Waals surface area contributed by atoms with Crippen molar-refractivity contribution in [2.24, 2.45) is 7.05 Å². The van der Waals surface area contributed by atoms with E-state index >= 15 is 0 Å². The molecule has 2 aromatic heterocycles. The minimum absolute atomic E-state index is 0.179. The summed E-state index contributed by atoms with van der Waals surface area (Å²) in [6.07, 6.45) is 0.493. The molecular weight excluding hydrogens is 440 g/mol. The average Bonchev–Trinajstić information content (AvgIpc) is 3.07. The van der Waals surface area contributed by atoms with Crippen LogP contribution in [0.25, 0.3) is 22.4 Å². The molecule has 0 bridgehead atoms. The number of nitrogens with zero attached hydrogens (tertiary/aromatic N) is 5. The van der Waals surface area contributed by atoms with Crippen LogP contribution in [0, 0.1) is 0 Å². The van der Waals surface area contributed by atoms with Crippen LogP contribution in [-0.2, 0) is 12.5 Å². The van der Waals surface area contributed by atoms with E-state index in [0.717, 1.165) is 27.8 Å². The van der Waals surface area contributed by atoms with Crippen molar-refractivity contribution in [3.05, 3.63) is 59.5 Å². The van der Waals surface area contributed by atoms with E-state index in [0.29, 0.717) is 17.3 Å². The number of carbonyl (C=O) groups is 1. The fourth-order valence-electron chi connectivity index (χ4n) is 3.90. The molecule has 33 heavy (non-hydrogen) atoms. The van der Waals surface area contributed by atoms with Gasteiger partial charge in [-0.2, -0.15) is 0 Å². The lowest BCUT2D eigenvalue weighted by molar-refractivity contribution is 0.209. The number of carboxylic acid groups (broad SMARTS) is 1. The van der Waals surface area contributed by atoms with E-state index in [4.69, 9.17) is 16.6 Å². The van der Waals surface area contributed by atoms with Crippen LogP contribution < -0.4 is 10.2 Å². The predicted molar refractivity (Wildman–Crippen MR) is 132 cm³/mol. The highest BCUT2D eigenvalue weighted by Crippen LogP contribution is 2.39. The topological polar surface area (TPSA) is 96.2 Å². The van der Waals surface area contributed by atoms with E-state index < -0.39 is 6.09 Å². The Bertz CT molecular complexity index is 1360. The molecule has 170 valence electrons. The van der Waals surface area contributed by atoms with Gasteiger partial charge in [-0.3, -0.25) is 5.32 Å². The Morgan fingerprint density at radius 3 is 2.58 bits per heavy atom. The zero-order valence-electron chi connectivity index (χ0n) is 19.1. The van der Waals surface area contributed by atoms with Gasteiger partial charge in [0.1, 0.15) is 11.6 Å². The lowest BCUT2D eigenvalue weighted by Gasteiger charge is -2.24. The molecule has 0 fully saturated rings. The smallest absolute Gasteiger partial charge is 0.409 e. The number of imidazole rings is 1. The zero-order valence-corrected chi connectivity index (χ0v) is 19.8. The first-order valence-electron chi connectivity index (χ1n) is 10.4. The molecule has 0 saturated heterocycles. The molecule has 2 N–H and O–H groups in total. The Labute approximate surface area is 196 Å². The summed E-state index contributed by atoms with van der Waals surface area (Å²) >= 11 is 5.95. The molecule has 0 aliphatic rings. The standard InChI is InChI=1S/C24H25ClN6O2/c1-24(2,3)15-7-6-8-16(28-23(32)33)20(15)21-27-17-13-14(9-10-18(17)31(21)5)30(4)19-11-12-26-22(25)29-19/h6-13,28H,1-5H3,(H,32,33). The number of hydrogen-bond acceptors (Lipinski definition) is 5. The van der Waals surface area contributed by atoms with Gasteiger partial charge in [0.2, 0.25) is 5.28 Å². The van der Waals surface area contributed by atoms with Crippen molar-refractivity contribution in [1.82, 2.24) is 19.5 Å². The summed E-state index contributed by atoms with van der Waals surface area (Å²) in [6.45, 7) is 6.29. The van der Waals surface area contributed by atoms with Gasteiger partial charge in [0.15, 0.2) is 0 Å². The van der Waals surface area contributed by atoms with Crippen LogP contribution in [0.3, 0.4) is 0 Å². The molecule has 0 atom stereocenters. The van der Waals surface area contributed by atoms with Gasteiger partial charge in [-0.15, -0.1) is 0 Å². The Balaban J connectivity index is 1.88. The van der Waals surface area contributed by atoms with Gasteiger partial charge >= 0.3 is 6.09 Å². The second-order valence-corrected chi connectivity index (χ2v) is 9.16. The molecule has 1 amide bonds. The third-order valence-corrected chi connectivity index (χ3v) is 5.73. The van der Waals surface area contributed by atoms with Crippen LogP contribution in [0.15, 0.2) is 48.7 Å². The highest BCUT2D eigenvalue weighted by molar-refractivity contribution is 6.28. The van der Waals surface area contributed by atoms with E-state index in [1.807, 2.05) is 53.9 Å². The minimum atomic E-state index is -1.12. The summed E-state index contributed by atoms with van der Waals surface area (Å²) in [5, 5.41) is 12.1. The van der Waals surface area contributed by atoms with E-state index in [-0.39, 0.29) is 10.7 Å². The van der Waals surface area contributed by atoms with E-state index in [9.17, 15) is 9.90 Å². The zero-order chi connectivity index (χ0) is 23.9. The maximum absolute atomic E-state index is 11.5. The number of halogens is 1. The number of nitrogens with one attached hydrogen (secondary N) is 1. The summed E-state index contributed by atoms with van der Waals surface area (Å²) in [7, 11) is 3.83. The van der Waals surface area contributed by atoms with Crippen LogP contribution >= 0.6 is 11.6 Å². The number of amides is 1. The Kier molecular flexibility index (Phi) is 5.71. The van der Waals surface area contributed by atoms with Crippen molar-refractivity contribution in [3.63, 3.8) is 0 Å². The van der Waals surface area contributed by atoms with Gasteiger partial charge in [0.05, 0.1) is 16.7 Å². The van der Waals surface area contributed by atoms with Gasteiger partial charge in [0, 0.05) is 31.5 Å². The molecule has 2 heterocycles. The molecule has 4 aromatic rings. The molecular formula is C24H25ClN6O2. The summed E-state index contributed by atoms with van der Waals surface area (Å²) in [5.41, 5.74) is 4.64. The van der Waals surface area contributed by atoms with Crippen LogP contribution in [0.4, 0.5) is 22.0 Å². The highest BCUT2D eigenvalue weighted by Gasteiger charge is 2.25. The van der Waals surface area contributed by atoms with Crippen molar-refractivity contribution >= 4 is 45.9 Å². The second-order valence-electron chi connectivity index (χ2n) is 8.82. The summed E-state index contributed by atoms with van der Waals surface area (Å²) < 4.78 is 1.98. The minimum Gasteiger partial charge on any atom is -0.465 e. The van der Waals surface area contributed by atoms with Crippen LogP contribution in [-0.4, -0.2) is 37.8 Å². The molecule has 0 unspecified atom stereocenters. The van der Waals surface area contributed by atoms with Crippen LogP contribution in [0.1, 0.15) is 26.3 Å². The van der Waals surface area contributed by atoms with Gasteiger partial charge in [-0.1, -0.05) is 32.9 Å². The number of aryl methyl sites for hydroxylation is 1. The Morgan fingerprint density at radius 2 is 1.91 bits per heavy atom. The molecule has 0 radical (unpaired) electrons. The largest absolute Gasteiger partial charge is 0.465 e. The number of aromatic nitrogens is 4.